The van der Waals surface area contributed by atoms with Crippen molar-refractivity contribution < 1.29 is 8.42 Å². The number of hydrogen-bond donors (Lipinski definition) is 2. The van der Waals surface area contributed by atoms with Gasteiger partial charge in [-0.15, -0.1) is 0 Å². The first kappa shape index (κ1) is 16.4. The average molecular weight is 335 g/mol. The summed E-state index contributed by atoms with van der Waals surface area (Å²) in [5, 5.41) is 2.89. The number of anilines is 1. The van der Waals surface area contributed by atoms with E-state index in [1.807, 2.05) is 30.3 Å². The van der Waals surface area contributed by atoms with Gasteiger partial charge in [-0.05, 0) is 42.0 Å². The van der Waals surface area contributed by atoms with Gasteiger partial charge in [-0.1, -0.05) is 30.3 Å². The Balaban J connectivity index is 2.17. The molecule has 3 N–H and O–H groups in total. The Morgan fingerprint density at radius 1 is 1.14 bits per heavy atom. The highest BCUT2D eigenvalue weighted by Gasteiger charge is 2.20. The average Bonchev–Trinajstić information content (AvgIpc) is 2.48. The summed E-state index contributed by atoms with van der Waals surface area (Å²) in [5.41, 5.74) is 6.96. The minimum atomic E-state index is -3.54. The van der Waals surface area contributed by atoms with E-state index < -0.39 is 10.0 Å². The van der Waals surface area contributed by atoms with Crippen LogP contribution >= 0.6 is 12.2 Å². The first-order valence-electron chi connectivity index (χ1n) is 6.56. The molecular formula is C15H17N3O2S2. The van der Waals surface area contributed by atoms with E-state index in [-0.39, 0.29) is 10.0 Å². The first-order valence-corrected chi connectivity index (χ1v) is 8.41. The molecule has 0 saturated carbocycles. The summed E-state index contributed by atoms with van der Waals surface area (Å²) in [6.45, 7) is 0.316. The quantitative estimate of drug-likeness (QED) is 0.819. The zero-order valence-electron chi connectivity index (χ0n) is 12.1. The van der Waals surface area contributed by atoms with Gasteiger partial charge in [0.15, 0.2) is 5.11 Å². The van der Waals surface area contributed by atoms with Gasteiger partial charge in [0.1, 0.15) is 0 Å². The highest BCUT2D eigenvalue weighted by molar-refractivity contribution is 7.89. The molecule has 0 heterocycles. The van der Waals surface area contributed by atoms with Crippen molar-refractivity contribution >= 4 is 33.0 Å². The molecule has 0 aliphatic rings. The van der Waals surface area contributed by atoms with Crippen LogP contribution in [-0.2, 0) is 16.6 Å². The van der Waals surface area contributed by atoms with Crippen molar-refractivity contribution in [3.8, 4) is 0 Å². The van der Waals surface area contributed by atoms with Crippen LogP contribution in [0.25, 0.3) is 0 Å². The molecule has 0 aliphatic carbocycles. The molecule has 0 amide bonds. The predicted octanol–water partition coefficient (Wildman–Crippen LogP) is 2.16. The van der Waals surface area contributed by atoms with Crippen LogP contribution < -0.4 is 11.1 Å². The predicted molar refractivity (Wildman–Crippen MR) is 91.9 cm³/mol. The highest BCUT2D eigenvalue weighted by atomic mass is 32.2. The molecule has 0 aromatic heterocycles. The molecule has 2 aromatic rings. The second kappa shape index (κ2) is 6.87. The summed E-state index contributed by atoms with van der Waals surface area (Å²) in [4.78, 5) is 0.222. The molecule has 2 rings (SSSR count). The maximum Gasteiger partial charge on any atom is 0.243 e. The third-order valence-electron chi connectivity index (χ3n) is 3.08. The molecule has 0 aliphatic heterocycles. The van der Waals surface area contributed by atoms with E-state index in [0.29, 0.717) is 12.2 Å². The second-order valence-electron chi connectivity index (χ2n) is 4.76. The van der Waals surface area contributed by atoms with Crippen molar-refractivity contribution in [1.82, 2.24) is 4.31 Å². The molecule has 0 fully saturated rings. The summed E-state index contributed by atoms with van der Waals surface area (Å²) in [6, 6.07) is 15.7. The number of nitrogens with one attached hydrogen (secondary N) is 1. The number of hydrogen-bond acceptors (Lipinski definition) is 3. The molecule has 0 atom stereocenters. The van der Waals surface area contributed by atoms with Crippen LogP contribution in [0.5, 0.6) is 0 Å². The fraction of sp³-hybridized carbons (Fsp3) is 0.133. The fourth-order valence-electron chi connectivity index (χ4n) is 1.96. The Morgan fingerprint density at radius 3 is 2.27 bits per heavy atom. The third-order valence-corrected chi connectivity index (χ3v) is 5.00. The van der Waals surface area contributed by atoms with Gasteiger partial charge < -0.3 is 11.1 Å². The maximum absolute atomic E-state index is 12.5. The lowest BCUT2D eigenvalue weighted by atomic mass is 10.2. The number of sulfonamides is 1. The molecular weight excluding hydrogens is 318 g/mol. The number of thiocarbonyl (C=S) groups is 1. The van der Waals surface area contributed by atoms with Crippen molar-refractivity contribution in [3.05, 3.63) is 60.2 Å². The van der Waals surface area contributed by atoms with Gasteiger partial charge in [-0.2, -0.15) is 4.31 Å². The second-order valence-corrected chi connectivity index (χ2v) is 7.25. The Hall–Kier alpha value is -1.96. The molecule has 0 unspecified atom stereocenters. The molecule has 0 saturated heterocycles. The lowest BCUT2D eigenvalue weighted by Gasteiger charge is -2.17. The largest absolute Gasteiger partial charge is 0.376 e. The maximum atomic E-state index is 12.5. The van der Waals surface area contributed by atoms with Crippen LogP contribution in [0.3, 0.4) is 0 Å². The van der Waals surface area contributed by atoms with Crippen LogP contribution in [0, 0.1) is 0 Å². The van der Waals surface area contributed by atoms with Crippen LogP contribution in [-0.4, -0.2) is 24.9 Å². The summed E-state index contributed by atoms with van der Waals surface area (Å²) in [5.74, 6) is 0. The SMILES string of the molecule is CN(Cc1ccccc1)S(=O)(=O)c1ccc(NC(N)=S)cc1. The van der Waals surface area contributed by atoms with Crippen molar-refractivity contribution in [2.75, 3.05) is 12.4 Å². The molecule has 7 heteroatoms. The van der Waals surface area contributed by atoms with E-state index >= 15 is 0 Å². The Bertz CT molecular complexity index is 744. The summed E-state index contributed by atoms with van der Waals surface area (Å²) < 4.78 is 26.4. The standard InChI is InChI=1S/C15H17N3O2S2/c1-18(11-12-5-3-2-4-6-12)22(19,20)14-9-7-13(8-10-14)17-15(16)21/h2-10H,11H2,1H3,(H3,16,17,21). The monoisotopic (exact) mass is 335 g/mol. The van der Waals surface area contributed by atoms with Gasteiger partial charge >= 0.3 is 0 Å². The third kappa shape index (κ3) is 4.03. The normalized spacial score (nSPS) is 11.4. The van der Waals surface area contributed by atoms with E-state index in [4.69, 9.17) is 18.0 Å². The van der Waals surface area contributed by atoms with Crippen LogP contribution in [0.2, 0.25) is 0 Å². The van der Waals surface area contributed by atoms with Crippen molar-refractivity contribution in [2.24, 2.45) is 5.73 Å². The topological polar surface area (TPSA) is 75.4 Å². The lowest BCUT2D eigenvalue weighted by molar-refractivity contribution is 0.467. The number of nitrogens with zero attached hydrogens (tertiary/aromatic N) is 1. The van der Waals surface area contributed by atoms with Crippen molar-refractivity contribution in [3.63, 3.8) is 0 Å². The molecule has 116 valence electrons. The summed E-state index contributed by atoms with van der Waals surface area (Å²) in [6.07, 6.45) is 0. The summed E-state index contributed by atoms with van der Waals surface area (Å²) >= 11 is 4.74. The van der Waals surface area contributed by atoms with Crippen LogP contribution in [0.15, 0.2) is 59.5 Å². The van der Waals surface area contributed by atoms with Crippen LogP contribution in [0.4, 0.5) is 5.69 Å². The molecule has 2 aromatic carbocycles. The number of nitrogens with two attached hydrogens (primary N) is 1. The number of benzene rings is 2. The van der Waals surface area contributed by atoms with Gasteiger partial charge in [0.05, 0.1) is 4.90 Å². The van der Waals surface area contributed by atoms with E-state index in [9.17, 15) is 8.42 Å². The van der Waals surface area contributed by atoms with Gasteiger partial charge in [-0.3, -0.25) is 0 Å². The van der Waals surface area contributed by atoms with Gasteiger partial charge in [0.25, 0.3) is 0 Å². The van der Waals surface area contributed by atoms with E-state index in [1.165, 1.54) is 16.4 Å². The van der Waals surface area contributed by atoms with Gasteiger partial charge in [0, 0.05) is 19.3 Å². The highest BCUT2D eigenvalue weighted by Crippen LogP contribution is 2.19. The minimum Gasteiger partial charge on any atom is -0.376 e. The van der Waals surface area contributed by atoms with Crippen molar-refractivity contribution in [1.29, 1.82) is 0 Å². The molecule has 0 radical (unpaired) electrons. The molecule has 22 heavy (non-hydrogen) atoms. The molecule has 0 spiro atoms. The Morgan fingerprint density at radius 2 is 1.73 bits per heavy atom. The van der Waals surface area contributed by atoms with Crippen molar-refractivity contribution in [2.45, 2.75) is 11.4 Å². The zero-order chi connectivity index (χ0) is 16.2. The van der Waals surface area contributed by atoms with Gasteiger partial charge in [-0.25, -0.2) is 8.42 Å². The Labute approximate surface area is 135 Å². The smallest absolute Gasteiger partial charge is 0.243 e. The fourth-order valence-corrected chi connectivity index (χ4v) is 3.23. The Kier molecular flexibility index (Phi) is 5.12. The lowest BCUT2D eigenvalue weighted by Crippen LogP contribution is -2.26. The number of rotatable bonds is 5. The molecule has 5 nitrogen and oxygen atoms in total. The van der Waals surface area contributed by atoms with E-state index in [1.54, 1.807) is 19.2 Å². The first-order chi connectivity index (χ1) is 10.4. The van der Waals surface area contributed by atoms with E-state index in [0.717, 1.165) is 5.56 Å². The van der Waals surface area contributed by atoms with Gasteiger partial charge in [0.2, 0.25) is 10.0 Å². The minimum absolute atomic E-state index is 0.136. The van der Waals surface area contributed by atoms with Crippen LogP contribution in [0.1, 0.15) is 5.56 Å². The molecule has 0 bridgehead atoms. The van der Waals surface area contributed by atoms with E-state index in [2.05, 4.69) is 5.32 Å². The summed E-state index contributed by atoms with van der Waals surface area (Å²) in [7, 11) is -1.98. The zero-order valence-corrected chi connectivity index (χ0v) is 13.7.